The number of ether oxygens (including phenoxy) is 3. The molecule has 2 amide bonds. The van der Waals surface area contributed by atoms with Crippen LogP contribution in [0.1, 0.15) is 22.6 Å². The van der Waals surface area contributed by atoms with Crippen molar-refractivity contribution in [1.82, 2.24) is 14.7 Å². The second-order valence-electron chi connectivity index (χ2n) is 10.3. The van der Waals surface area contributed by atoms with Crippen LogP contribution in [-0.4, -0.2) is 84.2 Å². The lowest BCUT2D eigenvalue weighted by Gasteiger charge is -2.31. The van der Waals surface area contributed by atoms with Gasteiger partial charge in [0.1, 0.15) is 18.1 Å². The number of benzene rings is 2. The number of fused-ring (bicyclic) bond motifs is 1. The van der Waals surface area contributed by atoms with Crippen molar-refractivity contribution >= 4 is 23.6 Å². The molecule has 0 spiro atoms. The highest BCUT2D eigenvalue weighted by atomic mass is 16.7. The molecule has 1 saturated heterocycles. The number of carbonyl (C=O) groups is 2. The normalized spacial score (nSPS) is 14.6. The first-order chi connectivity index (χ1) is 20.8. The summed E-state index contributed by atoms with van der Waals surface area (Å²) in [4.78, 5) is 43.2. The Balaban J connectivity index is 1.33. The quantitative estimate of drug-likeness (QED) is 0.176. The van der Waals surface area contributed by atoms with Gasteiger partial charge in [0.25, 0.3) is 5.69 Å². The van der Waals surface area contributed by atoms with Crippen molar-refractivity contribution in [3.8, 4) is 11.5 Å². The van der Waals surface area contributed by atoms with Gasteiger partial charge < -0.3 is 28.4 Å². The molecular weight excluding hydrogens is 556 g/mol. The molecule has 1 aromatic heterocycles. The molecule has 0 radical (unpaired) electrons. The highest BCUT2D eigenvalue weighted by molar-refractivity contribution is 5.94. The lowest BCUT2D eigenvalue weighted by Crippen LogP contribution is -2.46. The third-order valence-corrected chi connectivity index (χ3v) is 7.26. The van der Waals surface area contributed by atoms with Gasteiger partial charge in [-0.1, -0.05) is 6.07 Å². The van der Waals surface area contributed by atoms with Crippen molar-refractivity contribution in [3.05, 3.63) is 93.4 Å². The predicted molar refractivity (Wildman–Crippen MR) is 156 cm³/mol. The van der Waals surface area contributed by atoms with Gasteiger partial charge in [-0.3, -0.25) is 24.6 Å². The van der Waals surface area contributed by atoms with Crippen molar-refractivity contribution in [2.45, 2.75) is 20.0 Å². The van der Waals surface area contributed by atoms with E-state index in [0.29, 0.717) is 49.1 Å². The molecule has 0 saturated carbocycles. The van der Waals surface area contributed by atoms with Crippen molar-refractivity contribution in [2.75, 3.05) is 52.7 Å². The van der Waals surface area contributed by atoms with Gasteiger partial charge in [0, 0.05) is 50.9 Å². The Bertz CT molecular complexity index is 1460. The first-order valence-electron chi connectivity index (χ1n) is 14.1. The van der Waals surface area contributed by atoms with E-state index in [2.05, 4.69) is 4.90 Å². The zero-order valence-electron chi connectivity index (χ0n) is 24.0. The average Bonchev–Trinajstić information content (AvgIpc) is 3.66. The summed E-state index contributed by atoms with van der Waals surface area (Å²) in [6.45, 7) is 6.04. The fraction of sp³-hybridized carbons (Fsp3) is 0.355. The van der Waals surface area contributed by atoms with E-state index in [0.717, 1.165) is 24.4 Å². The monoisotopic (exact) mass is 590 g/mol. The molecule has 2 aromatic carbocycles. The summed E-state index contributed by atoms with van der Waals surface area (Å²) in [5, 5.41) is 11.0. The first kappa shape index (κ1) is 29.8. The third kappa shape index (κ3) is 8.21. The fourth-order valence-corrected chi connectivity index (χ4v) is 4.85. The molecule has 3 heterocycles. The van der Waals surface area contributed by atoms with E-state index in [4.69, 9.17) is 18.6 Å². The predicted octanol–water partition coefficient (Wildman–Crippen LogP) is 3.63. The molecule has 0 atom stereocenters. The summed E-state index contributed by atoms with van der Waals surface area (Å²) in [6, 6.07) is 15.1. The lowest BCUT2D eigenvalue weighted by atomic mass is 10.1. The number of amides is 2. The SMILES string of the molecule is Cc1ccc(CN(Cc2ccc3c(c2)OCO3)C(=O)CN(CCN2CCOCC2)C(=O)C=Cc2ccc([N+](=O)[O-])cc2)o1. The highest BCUT2D eigenvalue weighted by Crippen LogP contribution is 2.33. The largest absolute Gasteiger partial charge is 0.464 e. The topological polar surface area (TPSA) is 128 Å². The number of nitro groups is 1. The zero-order valence-corrected chi connectivity index (χ0v) is 24.0. The van der Waals surface area contributed by atoms with E-state index in [1.807, 2.05) is 37.3 Å². The molecule has 0 bridgehead atoms. The number of non-ortho nitro benzene ring substituents is 1. The van der Waals surface area contributed by atoms with E-state index in [1.54, 1.807) is 23.1 Å². The molecular formula is C31H34N4O8. The molecule has 1 fully saturated rings. The second kappa shape index (κ2) is 14.0. The molecule has 0 aliphatic carbocycles. The Hall–Kier alpha value is -4.68. The number of morpholine rings is 1. The summed E-state index contributed by atoms with van der Waals surface area (Å²) in [7, 11) is 0. The van der Waals surface area contributed by atoms with Gasteiger partial charge in [0.15, 0.2) is 11.5 Å². The van der Waals surface area contributed by atoms with Crippen LogP contribution in [0.3, 0.4) is 0 Å². The Morgan fingerprint density at radius 2 is 1.74 bits per heavy atom. The number of aryl methyl sites for hydroxylation is 1. The maximum atomic E-state index is 13.8. The standard InChI is InChI=1S/C31H34N4O8/c1-23-2-9-27(43-23)20-34(19-25-5-10-28-29(18-25)42-22-41-28)31(37)21-33(13-12-32-14-16-40-17-15-32)30(36)11-6-24-3-7-26(8-4-24)35(38)39/h2-11,18H,12-17,19-22H2,1H3. The van der Waals surface area contributed by atoms with Gasteiger partial charge in [-0.15, -0.1) is 0 Å². The van der Waals surface area contributed by atoms with Crippen molar-refractivity contribution < 1.29 is 33.1 Å². The molecule has 43 heavy (non-hydrogen) atoms. The average molecular weight is 591 g/mol. The van der Waals surface area contributed by atoms with Crippen molar-refractivity contribution in [3.63, 3.8) is 0 Å². The van der Waals surface area contributed by atoms with Crippen molar-refractivity contribution in [2.24, 2.45) is 0 Å². The molecule has 0 unspecified atom stereocenters. The fourth-order valence-electron chi connectivity index (χ4n) is 4.85. The highest BCUT2D eigenvalue weighted by Gasteiger charge is 2.24. The Kier molecular flexibility index (Phi) is 9.70. The van der Waals surface area contributed by atoms with Crippen LogP contribution in [0.2, 0.25) is 0 Å². The Morgan fingerprint density at radius 1 is 0.977 bits per heavy atom. The summed E-state index contributed by atoms with van der Waals surface area (Å²) >= 11 is 0. The summed E-state index contributed by atoms with van der Waals surface area (Å²) in [5.74, 6) is 2.07. The number of carbonyl (C=O) groups excluding carboxylic acids is 2. The lowest BCUT2D eigenvalue weighted by molar-refractivity contribution is -0.384. The van der Waals surface area contributed by atoms with E-state index in [9.17, 15) is 19.7 Å². The smallest absolute Gasteiger partial charge is 0.269 e. The third-order valence-electron chi connectivity index (χ3n) is 7.26. The van der Waals surface area contributed by atoms with Gasteiger partial charge in [0.2, 0.25) is 18.6 Å². The van der Waals surface area contributed by atoms with E-state index in [1.165, 1.54) is 23.1 Å². The summed E-state index contributed by atoms with van der Waals surface area (Å²) in [6.07, 6.45) is 2.99. The molecule has 2 aliphatic rings. The van der Waals surface area contributed by atoms with E-state index in [-0.39, 0.29) is 43.9 Å². The summed E-state index contributed by atoms with van der Waals surface area (Å²) in [5.41, 5.74) is 1.46. The maximum absolute atomic E-state index is 13.8. The maximum Gasteiger partial charge on any atom is 0.269 e. The molecule has 0 N–H and O–H groups in total. The first-order valence-corrected chi connectivity index (χ1v) is 14.1. The van der Waals surface area contributed by atoms with E-state index < -0.39 is 4.92 Å². The van der Waals surface area contributed by atoms with Crippen LogP contribution in [-0.2, 0) is 27.4 Å². The second-order valence-corrected chi connectivity index (χ2v) is 10.3. The zero-order chi connectivity index (χ0) is 30.2. The molecule has 226 valence electrons. The number of rotatable bonds is 12. The van der Waals surface area contributed by atoms with Gasteiger partial charge in [-0.05, 0) is 60.5 Å². The van der Waals surface area contributed by atoms with Crippen LogP contribution in [0.4, 0.5) is 5.69 Å². The van der Waals surface area contributed by atoms with Crippen LogP contribution in [0.5, 0.6) is 11.5 Å². The van der Waals surface area contributed by atoms with Crippen LogP contribution >= 0.6 is 0 Å². The minimum Gasteiger partial charge on any atom is -0.464 e. The van der Waals surface area contributed by atoms with E-state index >= 15 is 0 Å². The van der Waals surface area contributed by atoms with Gasteiger partial charge in [-0.2, -0.15) is 0 Å². The van der Waals surface area contributed by atoms with Gasteiger partial charge in [-0.25, -0.2) is 0 Å². The number of hydrogen-bond acceptors (Lipinski definition) is 9. The Morgan fingerprint density at radius 3 is 2.47 bits per heavy atom. The molecule has 2 aliphatic heterocycles. The minimum atomic E-state index is -0.475. The van der Waals surface area contributed by atoms with Crippen LogP contribution < -0.4 is 9.47 Å². The Labute approximate surface area is 249 Å². The molecule has 3 aromatic rings. The molecule has 5 rings (SSSR count). The van der Waals surface area contributed by atoms with Gasteiger partial charge >= 0.3 is 0 Å². The minimum absolute atomic E-state index is 0.0319. The van der Waals surface area contributed by atoms with Crippen LogP contribution in [0, 0.1) is 17.0 Å². The van der Waals surface area contributed by atoms with Gasteiger partial charge in [0.05, 0.1) is 24.7 Å². The molecule has 12 nitrogen and oxygen atoms in total. The summed E-state index contributed by atoms with van der Waals surface area (Å²) < 4.78 is 22.2. The number of nitrogens with zero attached hydrogens (tertiary/aromatic N) is 4. The number of furan rings is 1. The number of nitro benzene ring substituents is 1. The van der Waals surface area contributed by atoms with Crippen LogP contribution in [0.25, 0.3) is 6.08 Å². The number of hydrogen-bond donors (Lipinski definition) is 0. The van der Waals surface area contributed by atoms with Crippen molar-refractivity contribution in [1.29, 1.82) is 0 Å². The molecule has 12 heteroatoms. The van der Waals surface area contributed by atoms with Crippen LogP contribution in [0.15, 0.2) is 65.1 Å².